The van der Waals surface area contributed by atoms with Crippen molar-refractivity contribution in [3.63, 3.8) is 0 Å². The molecule has 1 fully saturated rings. The Bertz CT molecular complexity index is 840. The van der Waals surface area contributed by atoms with Crippen LogP contribution in [-0.4, -0.2) is 38.9 Å². The lowest BCUT2D eigenvalue weighted by Gasteiger charge is -2.12. The number of aromatic nitrogens is 3. The molecule has 1 amide bonds. The topological polar surface area (TPSA) is 75.9 Å². The molecule has 3 N–H and O–H groups in total. The molecule has 7 heteroatoms. The van der Waals surface area contributed by atoms with Crippen LogP contribution in [0.2, 0.25) is 0 Å². The number of fused-ring (bicyclic) bond motifs is 1. The minimum Gasteiger partial charge on any atom is -0.353 e. The molecule has 7 nitrogen and oxygen atoms in total. The number of hydrogen-bond donors (Lipinski definition) is 3. The molecule has 0 radical (unpaired) electrons. The smallest absolute Gasteiger partial charge is 0.238 e. The van der Waals surface area contributed by atoms with E-state index in [2.05, 4.69) is 56.3 Å². The van der Waals surface area contributed by atoms with Gasteiger partial charge >= 0.3 is 0 Å². The van der Waals surface area contributed by atoms with Crippen molar-refractivity contribution in [1.82, 2.24) is 30.5 Å². The van der Waals surface area contributed by atoms with Crippen LogP contribution in [0.1, 0.15) is 6.42 Å². The SMILES string of the molecule is O=C(NCCn1cccn1)C1CC(Cn2ccc3ccccc32)NN1. The Morgan fingerprint density at radius 2 is 2.12 bits per heavy atom. The normalized spacial score (nSPS) is 20.2. The highest BCUT2D eigenvalue weighted by Gasteiger charge is 2.29. The van der Waals surface area contributed by atoms with Crippen molar-refractivity contribution in [3.05, 3.63) is 55.0 Å². The minimum absolute atomic E-state index is 0.0273. The highest BCUT2D eigenvalue weighted by atomic mass is 16.2. The molecule has 0 saturated carbocycles. The second-order valence-corrected chi connectivity index (χ2v) is 6.36. The van der Waals surface area contributed by atoms with Crippen molar-refractivity contribution in [1.29, 1.82) is 0 Å². The molecule has 1 aliphatic rings. The van der Waals surface area contributed by atoms with Gasteiger partial charge in [0.1, 0.15) is 6.04 Å². The summed E-state index contributed by atoms with van der Waals surface area (Å²) in [4.78, 5) is 12.3. The molecule has 1 aromatic carbocycles. The van der Waals surface area contributed by atoms with E-state index in [0.717, 1.165) is 13.0 Å². The molecule has 0 aliphatic carbocycles. The van der Waals surface area contributed by atoms with E-state index < -0.39 is 0 Å². The van der Waals surface area contributed by atoms with Crippen LogP contribution in [0.4, 0.5) is 0 Å². The van der Waals surface area contributed by atoms with Crippen LogP contribution in [0.25, 0.3) is 10.9 Å². The van der Waals surface area contributed by atoms with Crippen molar-refractivity contribution in [2.45, 2.75) is 31.6 Å². The van der Waals surface area contributed by atoms with Crippen LogP contribution in [-0.2, 0) is 17.9 Å². The monoisotopic (exact) mass is 338 g/mol. The molecule has 1 aliphatic heterocycles. The van der Waals surface area contributed by atoms with Gasteiger partial charge in [0.25, 0.3) is 0 Å². The van der Waals surface area contributed by atoms with E-state index in [0.29, 0.717) is 13.1 Å². The molecule has 4 rings (SSSR count). The minimum atomic E-state index is -0.204. The summed E-state index contributed by atoms with van der Waals surface area (Å²) in [7, 11) is 0. The highest BCUT2D eigenvalue weighted by molar-refractivity contribution is 5.82. The number of carbonyl (C=O) groups excluding carboxylic acids is 1. The first-order valence-electron chi connectivity index (χ1n) is 8.60. The maximum Gasteiger partial charge on any atom is 0.238 e. The molecule has 2 aromatic heterocycles. The van der Waals surface area contributed by atoms with Gasteiger partial charge in [0, 0.05) is 43.2 Å². The average molecular weight is 338 g/mol. The quantitative estimate of drug-likeness (QED) is 0.624. The Kier molecular flexibility index (Phi) is 4.49. The third kappa shape index (κ3) is 3.57. The molecule has 3 heterocycles. The first-order chi connectivity index (χ1) is 12.3. The Labute approximate surface area is 146 Å². The van der Waals surface area contributed by atoms with Gasteiger partial charge in [-0.05, 0) is 30.0 Å². The molecule has 1 saturated heterocycles. The predicted octanol–water partition coefficient (Wildman–Crippen LogP) is 0.889. The molecule has 0 spiro atoms. The lowest BCUT2D eigenvalue weighted by atomic mass is 10.1. The van der Waals surface area contributed by atoms with Gasteiger partial charge in [0.2, 0.25) is 5.91 Å². The fourth-order valence-corrected chi connectivity index (χ4v) is 3.30. The fraction of sp³-hybridized carbons (Fsp3) is 0.333. The standard InChI is InChI=1S/C18H22N6O/c25-18(19-8-11-24-9-3-7-20-24)16-12-15(21-22-16)13-23-10-6-14-4-1-2-5-17(14)23/h1-7,9-10,15-16,21-22H,8,11-13H2,(H,19,25). The first-order valence-corrected chi connectivity index (χ1v) is 8.60. The third-order valence-electron chi connectivity index (χ3n) is 4.60. The molecule has 25 heavy (non-hydrogen) atoms. The summed E-state index contributed by atoms with van der Waals surface area (Å²) in [6.45, 7) is 2.08. The molecule has 2 atom stereocenters. The third-order valence-corrected chi connectivity index (χ3v) is 4.60. The van der Waals surface area contributed by atoms with Gasteiger partial charge in [-0.15, -0.1) is 0 Å². The Balaban J connectivity index is 1.28. The summed E-state index contributed by atoms with van der Waals surface area (Å²) in [6.07, 6.45) is 6.49. The number of carbonyl (C=O) groups is 1. The summed E-state index contributed by atoms with van der Waals surface area (Å²) in [5.41, 5.74) is 7.58. The van der Waals surface area contributed by atoms with Crippen LogP contribution in [0, 0.1) is 0 Å². The fourth-order valence-electron chi connectivity index (χ4n) is 3.30. The van der Waals surface area contributed by atoms with Crippen molar-refractivity contribution in [2.75, 3.05) is 6.54 Å². The molecular weight excluding hydrogens is 316 g/mol. The highest BCUT2D eigenvalue weighted by Crippen LogP contribution is 2.17. The largest absolute Gasteiger partial charge is 0.353 e. The molecule has 0 bridgehead atoms. The number of para-hydroxylation sites is 1. The summed E-state index contributed by atoms with van der Waals surface area (Å²) in [6, 6.07) is 12.3. The van der Waals surface area contributed by atoms with Crippen LogP contribution < -0.4 is 16.2 Å². The van der Waals surface area contributed by atoms with Gasteiger partial charge in [-0.1, -0.05) is 18.2 Å². The van der Waals surface area contributed by atoms with E-state index >= 15 is 0 Å². The van der Waals surface area contributed by atoms with Crippen LogP contribution in [0.15, 0.2) is 55.0 Å². The lowest BCUT2D eigenvalue weighted by molar-refractivity contribution is -0.122. The van der Waals surface area contributed by atoms with Crippen molar-refractivity contribution in [2.24, 2.45) is 0 Å². The van der Waals surface area contributed by atoms with Crippen LogP contribution in [0.3, 0.4) is 0 Å². The number of nitrogens with zero attached hydrogens (tertiary/aromatic N) is 3. The van der Waals surface area contributed by atoms with Crippen molar-refractivity contribution < 1.29 is 4.79 Å². The zero-order valence-corrected chi connectivity index (χ0v) is 13.9. The average Bonchev–Trinajstić information content (AvgIpc) is 3.37. The molecule has 130 valence electrons. The van der Waals surface area contributed by atoms with Gasteiger partial charge < -0.3 is 9.88 Å². The summed E-state index contributed by atoms with van der Waals surface area (Å²) in [5.74, 6) is 0.0273. The van der Waals surface area contributed by atoms with Crippen LogP contribution in [0.5, 0.6) is 0 Å². The predicted molar refractivity (Wildman–Crippen MR) is 95.6 cm³/mol. The van der Waals surface area contributed by atoms with E-state index in [4.69, 9.17) is 0 Å². The van der Waals surface area contributed by atoms with E-state index in [1.54, 1.807) is 10.9 Å². The number of hydrazine groups is 1. The molecule has 3 aromatic rings. The zero-order chi connectivity index (χ0) is 17.1. The van der Waals surface area contributed by atoms with Crippen molar-refractivity contribution in [3.8, 4) is 0 Å². The van der Waals surface area contributed by atoms with Crippen molar-refractivity contribution >= 4 is 16.8 Å². The second kappa shape index (κ2) is 7.08. The number of hydrogen-bond acceptors (Lipinski definition) is 4. The van der Waals surface area contributed by atoms with Gasteiger partial charge in [-0.2, -0.15) is 5.10 Å². The van der Waals surface area contributed by atoms with E-state index in [1.807, 2.05) is 18.3 Å². The molecule has 2 unspecified atom stereocenters. The summed E-state index contributed by atoms with van der Waals surface area (Å²) in [5, 5.41) is 8.32. The number of nitrogens with one attached hydrogen (secondary N) is 3. The second-order valence-electron chi connectivity index (χ2n) is 6.36. The van der Waals surface area contributed by atoms with Crippen LogP contribution >= 0.6 is 0 Å². The Morgan fingerprint density at radius 1 is 1.20 bits per heavy atom. The van der Waals surface area contributed by atoms with Gasteiger partial charge in [-0.3, -0.25) is 14.9 Å². The van der Waals surface area contributed by atoms with E-state index in [9.17, 15) is 4.79 Å². The van der Waals surface area contributed by atoms with Gasteiger partial charge in [0.05, 0.1) is 6.54 Å². The lowest BCUT2D eigenvalue weighted by Crippen LogP contribution is -2.44. The first kappa shape index (κ1) is 15.9. The van der Waals surface area contributed by atoms with E-state index in [1.165, 1.54) is 10.9 Å². The summed E-state index contributed by atoms with van der Waals surface area (Å²) < 4.78 is 4.03. The number of rotatable bonds is 6. The molecular formula is C18H22N6O. The van der Waals surface area contributed by atoms with Gasteiger partial charge in [-0.25, -0.2) is 5.43 Å². The van der Waals surface area contributed by atoms with E-state index in [-0.39, 0.29) is 18.0 Å². The maximum atomic E-state index is 12.3. The zero-order valence-electron chi connectivity index (χ0n) is 13.9. The number of amides is 1. The maximum absolute atomic E-state index is 12.3. The Morgan fingerprint density at radius 3 is 3.00 bits per heavy atom. The number of benzene rings is 1. The Hall–Kier alpha value is -2.64. The summed E-state index contributed by atoms with van der Waals surface area (Å²) >= 11 is 0. The van der Waals surface area contributed by atoms with Gasteiger partial charge in [0.15, 0.2) is 0 Å².